The molecule has 0 aromatic rings. The van der Waals surface area contributed by atoms with Gasteiger partial charge in [0.1, 0.15) is 0 Å². The number of primary amides is 1. The summed E-state index contributed by atoms with van der Waals surface area (Å²) in [5.41, 5.74) is 6.22. The molecule has 1 fully saturated rings. The molecule has 3 nitrogen and oxygen atoms in total. The van der Waals surface area contributed by atoms with Crippen LogP contribution < -0.4 is 11.1 Å². The Morgan fingerprint density at radius 3 is 2.85 bits per heavy atom. The SMILES string of the molecule is NC(=O)C1=CC2(CCCN2)CCC1. The van der Waals surface area contributed by atoms with Crippen LogP contribution >= 0.6 is 0 Å². The smallest absolute Gasteiger partial charge is 0.244 e. The third kappa shape index (κ3) is 1.61. The van der Waals surface area contributed by atoms with Crippen LogP contribution in [0.2, 0.25) is 0 Å². The molecule has 0 saturated carbocycles. The number of hydrogen-bond acceptors (Lipinski definition) is 2. The number of amides is 1. The molecular weight excluding hydrogens is 164 g/mol. The second-order valence-electron chi connectivity index (χ2n) is 4.07. The van der Waals surface area contributed by atoms with Gasteiger partial charge >= 0.3 is 0 Å². The first-order valence-corrected chi connectivity index (χ1v) is 4.98. The highest BCUT2D eigenvalue weighted by molar-refractivity contribution is 5.92. The molecule has 1 atom stereocenters. The molecule has 13 heavy (non-hydrogen) atoms. The summed E-state index contributed by atoms with van der Waals surface area (Å²) >= 11 is 0. The van der Waals surface area contributed by atoms with Crippen LogP contribution in [0, 0.1) is 0 Å². The summed E-state index contributed by atoms with van der Waals surface area (Å²) in [4.78, 5) is 11.0. The maximum Gasteiger partial charge on any atom is 0.244 e. The zero-order valence-corrected chi connectivity index (χ0v) is 7.81. The molecule has 72 valence electrons. The van der Waals surface area contributed by atoms with Crippen LogP contribution in [-0.4, -0.2) is 18.0 Å². The molecule has 2 aliphatic rings. The fourth-order valence-corrected chi connectivity index (χ4v) is 2.43. The van der Waals surface area contributed by atoms with Crippen molar-refractivity contribution in [2.45, 2.75) is 37.6 Å². The first kappa shape index (κ1) is 8.75. The zero-order chi connectivity index (χ0) is 9.31. The molecule has 0 aromatic heterocycles. The maximum atomic E-state index is 11.0. The highest BCUT2D eigenvalue weighted by Gasteiger charge is 2.34. The summed E-state index contributed by atoms with van der Waals surface area (Å²) in [6, 6.07) is 0. The predicted molar refractivity (Wildman–Crippen MR) is 51.1 cm³/mol. The molecule has 1 unspecified atom stereocenters. The van der Waals surface area contributed by atoms with Gasteiger partial charge in [0, 0.05) is 11.1 Å². The van der Waals surface area contributed by atoms with Crippen LogP contribution in [0.3, 0.4) is 0 Å². The van der Waals surface area contributed by atoms with Gasteiger partial charge in [0.2, 0.25) is 5.91 Å². The molecule has 3 heteroatoms. The Bertz CT molecular complexity index is 252. The van der Waals surface area contributed by atoms with Gasteiger partial charge in [-0.25, -0.2) is 0 Å². The second-order valence-corrected chi connectivity index (χ2v) is 4.07. The number of carbonyl (C=O) groups is 1. The number of nitrogens with one attached hydrogen (secondary N) is 1. The van der Waals surface area contributed by atoms with Crippen molar-refractivity contribution < 1.29 is 4.79 Å². The van der Waals surface area contributed by atoms with Crippen LogP contribution in [0.15, 0.2) is 11.6 Å². The molecule has 1 amide bonds. The summed E-state index contributed by atoms with van der Waals surface area (Å²) in [5.74, 6) is -0.243. The van der Waals surface area contributed by atoms with E-state index in [0.717, 1.165) is 37.8 Å². The van der Waals surface area contributed by atoms with E-state index in [1.807, 2.05) is 0 Å². The molecule has 0 radical (unpaired) electrons. The van der Waals surface area contributed by atoms with Crippen molar-refractivity contribution in [2.24, 2.45) is 5.73 Å². The van der Waals surface area contributed by atoms with Crippen LogP contribution in [0.4, 0.5) is 0 Å². The van der Waals surface area contributed by atoms with Crippen LogP contribution in [0.25, 0.3) is 0 Å². The van der Waals surface area contributed by atoms with Crippen LogP contribution in [-0.2, 0) is 4.79 Å². The number of hydrogen-bond donors (Lipinski definition) is 2. The van der Waals surface area contributed by atoms with Crippen LogP contribution in [0.1, 0.15) is 32.1 Å². The zero-order valence-electron chi connectivity index (χ0n) is 7.81. The van der Waals surface area contributed by atoms with Gasteiger partial charge in [0.05, 0.1) is 0 Å². The van der Waals surface area contributed by atoms with E-state index in [1.165, 1.54) is 6.42 Å². The normalized spacial score (nSPS) is 33.4. The fourth-order valence-electron chi connectivity index (χ4n) is 2.43. The quantitative estimate of drug-likeness (QED) is 0.624. The monoisotopic (exact) mass is 180 g/mol. The van der Waals surface area contributed by atoms with Crippen molar-refractivity contribution in [2.75, 3.05) is 6.54 Å². The van der Waals surface area contributed by atoms with Crippen LogP contribution in [0.5, 0.6) is 0 Å². The lowest BCUT2D eigenvalue weighted by atomic mass is 9.82. The average molecular weight is 180 g/mol. The minimum absolute atomic E-state index is 0.114. The third-order valence-corrected chi connectivity index (χ3v) is 3.11. The highest BCUT2D eigenvalue weighted by atomic mass is 16.1. The molecule has 1 saturated heterocycles. The number of nitrogens with two attached hydrogens (primary N) is 1. The Labute approximate surface area is 78.4 Å². The molecule has 1 heterocycles. The molecular formula is C10H16N2O. The lowest BCUT2D eigenvalue weighted by Gasteiger charge is -2.30. The van der Waals surface area contributed by atoms with Crippen molar-refractivity contribution in [3.05, 3.63) is 11.6 Å². The van der Waals surface area contributed by atoms with E-state index >= 15 is 0 Å². The highest BCUT2D eigenvalue weighted by Crippen LogP contribution is 2.33. The fraction of sp³-hybridized carbons (Fsp3) is 0.700. The van der Waals surface area contributed by atoms with Crippen molar-refractivity contribution in [1.82, 2.24) is 5.32 Å². The molecule has 0 bridgehead atoms. The summed E-state index contributed by atoms with van der Waals surface area (Å²) in [5, 5.41) is 3.47. The molecule has 1 spiro atoms. The standard InChI is InChI=1S/C10H16N2O/c11-9(13)8-3-1-4-10(7-8)5-2-6-12-10/h7,12H,1-6H2,(H2,11,13). The Hall–Kier alpha value is -0.830. The van der Waals surface area contributed by atoms with E-state index in [9.17, 15) is 4.79 Å². The van der Waals surface area contributed by atoms with Gasteiger partial charge < -0.3 is 11.1 Å². The van der Waals surface area contributed by atoms with Gasteiger partial charge in [-0.3, -0.25) is 4.79 Å². The van der Waals surface area contributed by atoms with Gasteiger partial charge in [-0.05, 0) is 38.6 Å². The Balaban J connectivity index is 2.21. The lowest BCUT2D eigenvalue weighted by Crippen LogP contribution is -2.40. The number of rotatable bonds is 1. The van der Waals surface area contributed by atoms with Crippen molar-refractivity contribution >= 4 is 5.91 Å². The average Bonchev–Trinajstić information content (AvgIpc) is 2.53. The van der Waals surface area contributed by atoms with E-state index in [2.05, 4.69) is 11.4 Å². The predicted octanol–water partition coefficient (Wildman–Crippen LogP) is 0.704. The molecule has 0 aromatic carbocycles. The minimum atomic E-state index is -0.243. The largest absolute Gasteiger partial charge is 0.366 e. The van der Waals surface area contributed by atoms with Gasteiger partial charge in [0.15, 0.2) is 0 Å². The number of carbonyl (C=O) groups excluding carboxylic acids is 1. The topological polar surface area (TPSA) is 55.1 Å². The third-order valence-electron chi connectivity index (χ3n) is 3.11. The second kappa shape index (κ2) is 3.14. The summed E-state index contributed by atoms with van der Waals surface area (Å²) < 4.78 is 0. The van der Waals surface area contributed by atoms with E-state index < -0.39 is 0 Å². The maximum absolute atomic E-state index is 11.0. The van der Waals surface area contributed by atoms with Gasteiger partial charge in [0.25, 0.3) is 0 Å². The van der Waals surface area contributed by atoms with Gasteiger partial charge in [-0.1, -0.05) is 6.08 Å². The Morgan fingerprint density at radius 2 is 2.23 bits per heavy atom. The first-order valence-electron chi connectivity index (χ1n) is 4.98. The summed E-state index contributed by atoms with van der Waals surface area (Å²) in [6.07, 6.45) is 7.54. The summed E-state index contributed by atoms with van der Waals surface area (Å²) in [7, 11) is 0. The van der Waals surface area contributed by atoms with Crippen molar-refractivity contribution in [3.63, 3.8) is 0 Å². The first-order chi connectivity index (χ1) is 6.22. The molecule has 1 aliphatic carbocycles. The van der Waals surface area contributed by atoms with Crippen molar-refractivity contribution in [1.29, 1.82) is 0 Å². The molecule has 2 rings (SSSR count). The van der Waals surface area contributed by atoms with E-state index in [4.69, 9.17) is 5.73 Å². The summed E-state index contributed by atoms with van der Waals surface area (Å²) in [6.45, 7) is 1.07. The van der Waals surface area contributed by atoms with Gasteiger partial charge in [-0.15, -0.1) is 0 Å². The lowest BCUT2D eigenvalue weighted by molar-refractivity contribution is -0.114. The Kier molecular flexibility index (Phi) is 2.12. The van der Waals surface area contributed by atoms with E-state index in [1.54, 1.807) is 0 Å². The van der Waals surface area contributed by atoms with Crippen molar-refractivity contribution in [3.8, 4) is 0 Å². The Morgan fingerprint density at radius 1 is 1.46 bits per heavy atom. The molecule has 3 N–H and O–H groups in total. The minimum Gasteiger partial charge on any atom is -0.366 e. The van der Waals surface area contributed by atoms with Gasteiger partial charge in [-0.2, -0.15) is 0 Å². The van der Waals surface area contributed by atoms with E-state index in [0.29, 0.717) is 0 Å². The molecule has 1 aliphatic heterocycles. The van der Waals surface area contributed by atoms with E-state index in [-0.39, 0.29) is 11.4 Å².